The summed E-state index contributed by atoms with van der Waals surface area (Å²) in [6.07, 6.45) is 4.59. The number of carbonyl (C=O) groups excluding carboxylic acids is 1. The van der Waals surface area contributed by atoms with Gasteiger partial charge in [-0.25, -0.2) is 4.79 Å². The topological polar surface area (TPSA) is 23.6 Å². The van der Waals surface area contributed by atoms with Crippen molar-refractivity contribution in [2.75, 3.05) is 19.6 Å². The van der Waals surface area contributed by atoms with E-state index in [0.29, 0.717) is 0 Å². The average molecular weight is 244 g/mol. The number of fused-ring (bicyclic) bond motifs is 1. The molecule has 0 atom stereocenters. The van der Waals surface area contributed by atoms with E-state index in [4.69, 9.17) is 0 Å². The molecule has 0 unspecified atom stereocenters. The van der Waals surface area contributed by atoms with Gasteiger partial charge in [0.1, 0.15) is 0 Å². The van der Waals surface area contributed by atoms with Gasteiger partial charge in [-0.15, -0.1) is 0 Å². The van der Waals surface area contributed by atoms with Crippen LogP contribution in [0.5, 0.6) is 0 Å². The molecule has 2 amide bonds. The zero-order chi connectivity index (χ0) is 12.4. The molecule has 3 nitrogen and oxygen atoms in total. The van der Waals surface area contributed by atoms with Crippen LogP contribution in [0.25, 0.3) is 0 Å². The standard InChI is InChI=1S/C15H20N2O/c18-15(16-9-4-1-5-10-16)17-11-8-13-6-2-3-7-14(13)12-17/h2-3,6-7H,1,4-5,8-12H2. The Balaban J connectivity index is 1.69. The van der Waals surface area contributed by atoms with Crippen LogP contribution in [0.1, 0.15) is 30.4 Å². The molecule has 0 radical (unpaired) electrons. The van der Waals surface area contributed by atoms with E-state index in [9.17, 15) is 4.79 Å². The van der Waals surface area contributed by atoms with Crippen molar-refractivity contribution in [1.82, 2.24) is 9.80 Å². The predicted octanol–water partition coefficient (Wildman–Crippen LogP) is 2.65. The first-order valence-electron chi connectivity index (χ1n) is 6.95. The van der Waals surface area contributed by atoms with Gasteiger partial charge in [-0.1, -0.05) is 24.3 Å². The fourth-order valence-corrected chi connectivity index (χ4v) is 2.94. The minimum absolute atomic E-state index is 0.240. The fourth-order valence-electron chi connectivity index (χ4n) is 2.94. The number of amides is 2. The Morgan fingerprint density at radius 2 is 1.61 bits per heavy atom. The highest BCUT2D eigenvalue weighted by Gasteiger charge is 2.25. The van der Waals surface area contributed by atoms with Gasteiger partial charge in [0.15, 0.2) is 0 Å². The van der Waals surface area contributed by atoms with Gasteiger partial charge < -0.3 is 9.80 Å². The second-order valence-electron chi connectivity index (χ2n) is 5.27. The van der Waals surface area contributed by atoms with Crippen molar-refractivity contribution < 1.29 is 4.79 Å². The number of likely N-dealkylation sites (tertiary alicyclic amines) is 1. The minimum atomic E-state index is 0.240. The molecular weight excluding hydrogens is 224 g/mol. The molecule has 0 aliphatic carbocycles. The summed E-state index contributed by atoms with van der Waals surface area (Å²) in [6.45, 7) is 3.53. The smallest absolute Gasteiger partial charge is 0.320 e. The second kappa shape index (κ2) is 5.01. The van der Waals surface area contributed by atoms with Crippen molar-refractivity contribution in [1.29, 1.82) is 0 Å². The second-order valence-corrected chi connectivity index (χ2v) is 5.27. The van der Waals surface area contributed by atoms with Crippen LogP contribution in [0.2, 0.25) is 0 Å². The van der Waals surface area contributed by atoms with Crippen molar-refractivity contribution >= 4 is 6.03 Å². The summed E-state index contributed by atoms with van der Waals surface area (Å²) in [6, 6.07) is 8.71. The first kappa shape index (κ1) is 11.6. The molecular formula is C15H20N2O. The maximum atomic E-state index is 12.4. The molecule has 96 valence electrons. The quantitative estimate of drug-likeness (QED) is 0.688. The molecule has 1 fully saturated rings. The number of rotatable bonds is 0. The van der Waals surface area contributed by atoms with Gasteiger partial charge in [-0.3, -0.25) is 0 Å². The van der Waals surface area contributed by atoms with Gasteiger partial charge >= 0.3 is 6.03 Å². The van der Waals surface area contributed by atoms with E-state index in [1.165, 1.54) is 17.5 Å². The lowest BCUT2D eigenvalue weighted by Crippen LogP contribution is -2.47. The van der Waals surface area contributed by atoms with Crippen LogP contribution in [0.4, 0.5) is 4.79 Å². The van der Waals surface area contributed by atoms with E-state index in [-0.39, 0.29) is 6.03 Å². The molecule has 1 aromatic carbocycles. The Bertz CT molecular complexity index is 438. The van der Waals surface area contributed by atoms with Crippen LogP contribution in [-0.2, 0) is 13.0 Å². The molecule has 1 saturated heterocycles. The largest absolute Gasteiger partial charge is 0.325 e. The number of hydrogen-bond donors (Lipinski definition) is 0. The first-order chi connectivity index (χ1) is 8.84. The summed E-state index contributed by atoms with van der Waals surface area (Å²) in [7, 11) is 0. The molecule has 2 aliphatic heterocycles. The fraction of sp³-hybridized carbons (Fsp3) is 0.533. The number of urea groups is 1. The number of benzene rings is 1. The lowest BCUT2D eigenvalue weighted by molar-refractivity contribution is 0.139. The maximum Gasteiger partial charge on any atom is 0.320 e. The maximum absolute atomic E-state index is 12.4. The third-order valence-electron chi connectivity index (χ3n) is 4.03. The summed E-state index contributed by atoms with van der Waals surface area (Å²) in [4.78, 5) is 16.4. The summed E-state index contributed by atoms with van der Waals surface area (Å²) < 4.78 is 0. The van der Waals surface area contributed by atoms with E-state index in [1.807, 2.05) is 9.80 Å². The van der Waals surface area contributed by atoms with Gasteiger partial charge in [0.25, 0.3) is 0 Å². The van der Waals surface area contributed by atoms with E-state index in [0.717, 1.165) is 45.4 Å². The molecule has 0 bridgehead atoms. The molecule has 0 spiro atoms. The molecule has 18 heavy (non-hydrogen) atoms. The number of piperidine rings is 1. The minimum Gasteiger partial charge on any atom is -0.325 e. The summed E-state index contributed by atoms with van der Waals surface area (Å²) >= 11 is 0. The lowest BCUT2D eigenvalue weighted by Gasteiger charge is -2.35. The van der Waals surface area contributed by atoms with Crippen LogP contribution in [-0.4, -0.2) is 35.5 Å². The molecule has 2 aliphatic rings. The van der Waals surface area contributed by atoms with Gasteiger partial charge in [0.05, 0.1) is 0 Å². The van der Waals surface area contributed by atoms with Crippen molar-refractivity contribution in [3.63, 3.8) is 0 Å². The van der Waals surface area contributed by atoms with Crippen molar-refractivity contribution in [2.45, 2.75) is 32.2 Å². The number of nitrogens with zero attached hydrogens (tertiary/aromatic N) is 2. The van der Waals surface area contributed by atoms with Gasteiger partial charge in [0.2, 0.25) is 0 Å². The van der Waals surface area contributed by atoms with E-state index in [1.54, 1.807) is 0 Å². The third kappa shape index (κ3) is 2.22. The lowest BCUT2D eigenvalue weighted by atomic mass is 10.0. The molecule has 3 rings (SSSR count). The highest BCUT2D eigenvalue weighted by atomic mass is 16.2. The highest BCUT2D eigenvalue weighted by molar-refractivity contribution is 5.75. The van der Waals surface area contributed by atoms with E-state index in [2.05, 4.69) is 24.3 Å². The zero-order valence-corrected chi connectivity index (χ0v) is 10.8. The SMILES string of the molecule is O=C(N1CCCCC1)N1CCc2ccccc2C1. The summed E-state index contributed by atoms with van der Waals surface area (Å²) in [5.41, 5.74) is 2.72. The normalized spacial score (nSPS) is 19.6. The molecule has 2 heterocycles. The van der Waals surface area contributed by atoms with Crippen molar-refractivity contribution in [3.05, 3.63) is 35.4 Å². The first-order valence-corrected chi connectivity index (χ1v) is 6.95. The Morgan fingerprint density at radius 1 is 0.889 bits per heavy atom. The third-order valence-corrected chi connectivity index (χ3v) is 4.03. The van der Waals surface area contributed by atoms with E-state index < -0.39 is 0 Å². The van der Waals surface area contributed by atoms with Crippen LogP contribution >= 0.6 is 0 Å². The molecule has 0 N–H and O–H groups in total. The van der Waals surface area contributed by atoms with Crippen molar-refractivity contribution in [3.8, 4) is 0 Å². The van der Waals surface area contributed by atoms with Crippen LogP contribution in [0.15, 0.2) is 24.3 Å². The van der Waals surface area contributed by atoms with Gasteiger partial charge in [-0.2, -0.15) is 0 Å². The Kier molecular flexibility index (Phi) is 3.22. The van der Waals surface area contributed by atoms with E-state index >= 15 is 0 Å². The van der Waals surface area contributed by atoms with Crippen LogP contribution < -0.4 is 0 Å². The average Bonchev–Trinajstić information content (AvgIpc) is 2.47. The van der Waals surface area contributed by atoms with Crippen molar-refractivity contribution in [2.24, 2.45) is 0 Å². The molecule has 0 aromatic heterocycles. The number of carbonyl (C=O) groups is 1. The van der Waals surface area contributed by atoms with Gasteiger partial charge in [-0.05, 0) is 36.8 Å². The Labute approximate surface area is 108 Å². The Hall–Kier alpha value is -1.51. The Morgan fingerprint density at radius 3 is 2.39 bits per heavy atom. The van der Waals surface area contributed by atoms with Gasteiger partial charge in [0, 0.05) is 26.2 Å². The molecule has 1 aromatic rings. The zero-order valence-electron chi connectivity index (χ0n) is 10.8. The molecule has 0 saturated carbocycles. The highest BCUT2D eigenvalue weighted by Crippen LogP contribution is 2.20. The summed E-state index contributed by atoms with van der Waals surface area (Å²) in [5, 5.41) is 0. The number of hydrogen-bond acceptors (Lipinski definition) is 1. The van der Waals surface area contributed by atoms with Crippen LogP contribution in [0, 0.1) is 0 Å². The van der Waals surface area contributed by atoms with Crippen LogP contribution in [0.3, 0.4) is 0 Å². The predicted molar refractivity (Wildman–Crippen MR) is 71.4 cm³/mol. The summed E-state index contributed by atoms with van der Waals surface area (Å²) in [5.74, 6) is 0. The molecule has 3 heteroatoms. The monoisotopic (exact) mass is 244 g/mol.